The Balaban J connectivity index is 0.000000145. The monoisotopic (exact) mass is 837 g/mol. The predicted octanol–water partition coefficient (Wildman–Crippen LogP) is 17.4. The van der Waals surface area contributed by atoms with Crippen molar-refractivity contribution < 1.29 is 0 Å². The van der Waals surface area contributed by atoms with Gasteiger partial charge in [-0.3, -0.25) is 0 Å². The fourth-order valence-electron chi connectivity index (χ4n) is 10.8. The standard InChI is InChI=1S/C27H22.C21H26.2C8H10/c1-19-13-15-23-24-16-14-20(2)18-26(24)27(25(23)17-19,21-9-5-3-6-10-21)22-11-7-4-8-12-22;1-5-13-21(14-6-2)19-15(3)9-7-11-17(19)18-12-8-10-16(4)20(18)21;1-7-3-5-8(2)6-4-7;1-7-4-3-5-8(2)6-7/h3-18H,1-2H3;7-12H,5-6,13-14H2,1-4H3;2*3-6H,1-2H3. The van der Waals surface area contributed by atoms with Crippen molar-refractivity contribution in [2.75, 3.05) is 0 Å². The molecular formula is C64H68. The van der Waals surface area contributed by atoms with Crippen LogP contribution in [0.2, 0.25) is 0 Å². The van der Waals surface area contributed by atoms with Crippen molar-refractivity contribution in [3.05, 3.63) is 260 Å². The van der Waals surface area contributed by atoms with Crippen LogP contribution in [0.15, 0.2) is 182 Å². The molecule has 0 radical (unpaired) electrons. The van der Waals surface area contributed by atoms with Gasteiger partial charge < -0.3 is 0 Å². The highest BCUT2D eigenvalue weighted by atomic mass is 14.5. The molecule has 0 saturated carbocycles. The SMILES string of the molecule is CCCC1(CCC)c2c(C)cccc2-c2cccc(C)c21.Cc1ccc(C)cc1.Cc1ccc2c(c1)C(c1ccccc1)(c1ccccc1)c1cc(C)ccc1-2.Cc1cccc(C)c1. The molecule has 324 valence electrons. The Bertz CT molecular complexity index is 2610. The molecule has 10 rings (SSSR count). The molecule has 0 N–H and O–H groups in total. The summed E-state index contributed by atoms with van der Waals surface area (Å²) >= 11 is 0. The van der Waals surface area contributed by atoms with Gasteiger partial charge in [0.25, 0.3) is 0 Å². The average Bonchev–Trinajstić information content (AvgIpc) is 3.74. The highest BCUT2D eigenvalue weighted by molar-refractivity contribution is 5.87. The van der Waals surface area contributed by atoms with E-state index >= 15 is 0 Å². The van der Waals surface area contributed by atoms with Gasteiger partial charge in [-0.2, -0.15) is 0 Å². The first-order valence-corrected chi connectivity index (χ1v) is 23.5. The van der Waals surface area contributed by atoms with Crippen molar-refractivity contribution in [1.29, 1.82) is 0 Å². The predicted molar refractivity (Wildman–Crippen MR) is 277 cm³/mol. The number of fused-ring (bicyclic) bond motifs is 6. The van der Waals surface area contributed by atoms with Gasteiger partial charge in [-0.15, -0.1) is 0 Å². The minimum Gasteiger partial charge on any atom is -0.0653 e. The van der Waals surface area contributed by atoms with Crippen molar-refractivity contribution >= 4 is 0 Å². The molecule has 2 aliphatic rings. The minimum absolute atomic E-state index is 0.241. The molecule has 0 nitrogen and oxygen atoms in total. The van der Waals surface area contributed by atoms with Crippen LogP contribution in [0.1, 0.15) is 117 Å². The second kappa shape index (κ2) is 20.1. The lowest BCUT2D eigenvalue weighted by Crippen LogP contribution is -2.28. The second-order valence-corrected chi connectivity index (χ2v) is 18.5. The normalized spacial score (nSPS) is 13.0. The topological polar surface area (TPSA) is 0 Å². The molecule has 64 heavy (non-hydrogen) atoms. The third-order valence-corrected chi connectivity index (χ3v) is 13.4. The summed E-state index contributed by atoms with van der Waals surface area (Å²) in [5.41, 5.74) is 25.1. The Morgan fingerprint density at radius 3 is 1.03 bits per heavy atom. The average molecular weight is 837 g/mol. The number of hydrogen-bond acceptors (Lipinski definition) is 0. The van der Waals surface area contributed by atoms with E-state index in [1.165, 1.54) is 115 Å². The van der Waals surface area contributed by atoms with Crippen molar-refractivity contribution in [3.8, 4) is 22.3 Å². The minimum atomic E-state index is -0.273. The van der Waals surface area contributed by atoms with Gasteiger partial charge in [0.2, 0.25) is 0 Å². The fourth-order valence-corrected chi connectivity index (χ4v) is 10.8. The Morgan fingerprint density at radius 2 is 0.672 bits per heavy atom. The number of benzene rings is 8. The molecular weight excluding hydrogens is 769 g/mol. The van der Waals surface area contributed by atoms with E-state index in [1.54, 1.807) is 11.1 Å². The lowest BCUT2D eigenvalue weighted by molar-refractivity contribution is 0.432. The molecule has 0 saturated heterocycles. The van der Waals surface area contributed by atoms with Crippen LogP contribution in [0.3, 0.4) is 0 Å². The van der Waals surface area contributed by atoms with Crippen LogP contribution in [-0.4, -0.2) is 0 Å². The van der Waals surface area contributed by atoms with Crippen molar-refractivity contribution in [2.24, 2.45) is 0 Å². The zero-order valence-corrected chi connectivity index (χ0v) is 40.1. The van der Waals surface area contributed by atoms with Crippen LogP contribution < -0.4 is 0 Å². The summed E-state index contributed by atoms with van der Waals surface area (Å²) in [5, 5.41) is 0. The Morgan fingerprint density at radius 1 is 0.312 bits per heavy atom. The molecule has 0 heteroatoms. The van der Waals surface area contributed by atoms with Crippen LogP contribution in [-0.2, 0) is 10.8 Å². The summed E-state index contributed by atoms with van der Waals surface area (Å²) in [5.74, 6) is 0. The van der Waals surface area contributed by atoms with E-state index in [-0.39, 0.29) is 10.8 Å². The summed E-state index contributed by atoms with van der Waals surface area (Å²) in [7, 11) is 0. The van der Waals surface area contributed by atoms with E-state index in [2.05, 4.69) is 251 Å². The molecule has 8 aromatic carbocycles. The summed E-state index contributed by atoms with van der Waals surface area (Å²) in [6, 6.07) is 66.3. The van der Waals surface area contributed by atoms with Gasteiger partial charge in [-0.05, 0) is 135 Å². The first kappa shape index (κ1) is 45.8. The Labute approximate surface area is 386 Å². The van der Waals surface area contributed by atoms with Crippen molar-refractivity contribution in [3.63, 3.8) is 0 Å². The van der Waals surface area contributed by atoms with Gasteiger partial charge in [-0.1, -0.05) is 242 Å². The van der Waals surface area contributed by atoms with Crippen LogP contribution in [0.4, 0.5) is 0 Å². The van der Waals surface area contributed by atoms with Gasteiger partial charge in [0, 0.05) is 5.41 Å². The van der Waals surface area contributed by atoms with Crippen LogP contribution >= 0.6 is 0 Å². The first-order chi connectivity index (χ1) is 30.9. The van der Waals surface area contributed by atoms with E-state index in [1.807, 2.05) is 0 Å². The maximum absolute atomic E-state index is 2.38. The third kappa shape index (κ3) is 9.07. The largest absolute Gasteiger partial charge is 0.0713 e. The molecule has 0 spiro atoms. The quantitative estimate of drug-likeness (QED) is 0.157. The molecule has 0 heterocycles. The molecule has 0 fully saturated rings. The van der Waals surface area contributed by atoms with Crippen LogP contribution in [0, 0.1) is 55.4 Å². The third-order valence-electron chi connectivity index (χ3n) is 13.4. The smallest absolute Gasteiger partial charge is 0.0653 e. The highest BCUT2D eigenvalue weighted by Gasteiger charge is 2.46. The van der Waals surface area contributed by atoms with Gasteiger partial charge in [0.05, 0.1) is 5.41 Å². The maximum atomic E-state index is 2.38. The summed E-state index contributed by atoms with van der Waals surface area (Å²) in [6.45, 7) is 22.0. The molecule has 8 aromatic rings. The molecule has 2 aliphatic carbocycles. The Hall–Kier alpha value is -6.24. The van der Waals surface area contributed by atoms with Crippen molar-refractivity contribution in [2.45, 2.75) is 106 Å². The van der Waals surface area contributed by atoms with E-state index < -0.39 is 0 Å². The summed E-state index contributed by atoms with van der Waals surface area (Å²) in [4.78, 5) is 0. The number of hydrogen-bond donors (Lipinski definition) is 0. The fraction of sp³-hybridized carbons (Fsp3) is 0.250. The molecule has 0 aliphatic heterocycles. The molecule has 0 aromatic heterocycles. The van der Waals surface area contributed by atoms with Crippen LogP contribution in [0.25, 0.3) is 22.3 Å². The van der Waals surface area contributed by atoms with Gasteiger partial charge in [-0.25, -0.2) is 0 Å². The van der Waals surface area contributed by atoms with E-state index in [0.29, 0.717) is 0 Å². The summed E-state index contributed by atoms with van der Waals surface area (Å²) < 4.78 is 0. The zero-order valence-electron chi connectivity index (χ0n) is 40.1. The second-order valence-electron chi connectivity index (χ2n) is 18.5. The molecule has 0 unspecified atom stereocenters. The van der Waals surface area contributed by atoms with Gasteiger partial charge in [0.15, 0.2) is 0 Å². The van der Waals surface area contributed by atoms with Gasteiger partial charge in [0.1, 0.15) is 0 Å². The molecule has 0 atom stereocenters. The van der Waals surface area contributed by atoms with E-state index in [4.69, 9.17) is 0 Å². The van der Waals surface area contributed by atoms with E-state index in [0.717, 1.165) is 0 Å². The number of rotatable bonds is 6. The van der Waals surface area contributed by atoms with Gasteiger partial charge >= 0.3 is 0 Å². The highest BCUT2D eigenvalue weighted by Crippen LogP contribution is 2.57. The zero-order chi connectivity index (χ0) is 45.4. The molecule has 0 amide bonds. The number of aryl methyl sites for hydroxylation is 8. The lowest BCUT2D eigenvalue weighted by atomic mass is 9.67. The van der Waals surface area contributed by atoms with Crippen molar-refractivity contribution in [1.82, 2.24) is 0 Å². The van der Waals surface area contributed by atoms with Crippen LogP contribution in [0.5, 0.6) is 0 Å². The van der Waals surface area contributed by atoms with E-state index in [9.17, 15) is 0 Å². The summed E-state index contributed by atoms with van der Waals surface area (Å²) in [6.07, 6.45) is 5.00. The molecule has 0 bridgehead atoms. The maximum Gasteiger partial charge on any atom is 0.0713 e. The first-order valence-electron chi connectivity index (χ1n) is 23.5. The Kier molecular flexibility index (Phi) is 14.4. The lowest BCUT2D eigenvalue weighted by Gasteiger charge is -2.34.